The van der Waals surface area contributed by atoms with E-state index in [9.17, 15) is 0 Å². The Hall–Kier alpha value is -0.540. The SMILES string of the molecule is CCCCN(C)CCN=C(NCC)NC1CCN(c2cccs2)CC1.I. The first-order valence-electron chi connectivity index (χ1n) is 9.74. The summed E-state index contributed by atoms with van der Waals surface area (Å²) >= 11 is 1.84. The Kier molecular flexibility index (Phi) is 12.3. The molecule has 7 heteroatoms. The van der Waals surface area contributed by atoms with Crippen LogP contribution in [0.4, 0.5) is 5.00 Å². The van der Waals surface area contributed by atoms with Crippen molar-refractivity contribution in [3.63, 3.8) is 0 Å². The van der Waals surface area contributed by atoms with Crippen molar-refractivity contribution in [1.29, 1.82) is 0 Å². The Morgan fingerprint density at radius 3 is 2.69 bits per heavy atom. The second-order valence-electron chi connectivity index (χ2n) is 6.77. The van der Waals surface area contributed by atoms with Gasteiger partial charge in [-0.1, -0.05) is 13.3 Å². The normalized spacial score (nSPS) is 15.8. The standard InChI is InChI=1S/C19H35N5S.HI/c1-4-6-12-23(3)15-11-21-19(20-5-2)22-17-9-13-24(14-10-17)18-8-7-16-25-18;/h7-8,16-17H,4-6,9-15H2,1-3H3,(H2,20,21,22);1H. The van der Waals surface area contributed by atoms with Crippen molar-refractivity contribution < 1.29 is 0 Å². The molecule has 0 radical (unpaired) electrons. The highest BCUT2D eigenvalue weighted by Gasteiger charge is 2.20. The Bertz CT molecular complexity index is 486. The minimum Gasteiger partial charge on any atom is -0.363 e. The van der Waals surface area contributed by atoms with Crippen molar-refractivity contribution >= 4 is 46.3 Å². The van der Waals surface area contributed by atoms with E-state index in [-0.39, 0.29) is 24.0 Å². The average molecular weight is 494 g/mol. The molecule has 0 bridgehead atoms. The third-order valence-electron chi connectivity index (χ3n) is 4.64. The lowest BCUT2D eigenvalue weighted by atomic mass is 10.1. The number of piperidine rings is 1. The predicted octanol–water partition coefficient (Wildman–Crippen LogP) is 3.62. The summed E-state index contributed by atoms with van der Waals surface area (Å²) in [5.41, 5.74) is 0. The van der Waals surface area contributed by atoms with Gasteiger partial charge in [-0.25, -0.2) is 0 Å². The van der Waals surface area contributed by atoms with Crippen LogP contribution in [0.25, 0.3) is 0 Å². The van der Waals surface area contributed by atoms with E-state index in [1.165, 1.54) is 30.7 Å². The van der Waals surface area contributed by atoms with Crippen LogP contribution in [0.15, 0.2) is 22.5 Å². The van der Waals surface area contributed by atoms with E-state index in [0.29, 0.717) is 6.04 Å². The number of hydrogen-bond acceptors (Lipinski definition) is 4. The number of nitrogens with one attached hydrogen (secondary N) is 2. The van der Waals surface area contributed by atoms with Crippen LogP contribution in [0, 0.1) is 0 Å². The molecule has 0 unspecified atom stereocenters. The highest BCUT2D eigenvalue weighted by Crippen LogP contribution is 2.24. The predicted molar refractivity (Wildman–Crippen MR) is 126 cm³/mol. The maximum absolute atomic E-state index is 4.77. The largest absolute Gasteiger partial charge is 0.363 e. The maximum atomic E-state index is 4.77. The van der Waals surface area contributed by atoms with Gasteiger partial charge in [-0.15, -0.1) is 35.3 Å². The Morgan fingerprint density at radius 1 is 1.31 bits per heavy atom. The number of guanidine groups is 1. The lowest BCUT2D eigenvalue weighted by Gasteiger charge is -2.33. The van der Waals surface area contributed by atoms with Gasteiger partial charge in [0, 0.05) is 32.2 Å². The van der Waals surface area contributed by atoms with Gasteiger partial charge >= 0.3 is 0 Å². The van der Waals surface area contributed by atoms with Crippen LogP contribution < -0.4 is 15.5 Å². The summed E-state index contributed by atoms with van der Waals surface area (Å²) in [5.74, 6) is 0.973. The molecule has 1 aliphatic heterocycles. The first kappa shape index (κ1) is 23.5. The number of nitrogens with zero attached hydrogens (tertiary/aromatic N) is 3. The fraction of sp³-hybridized carbons (Fsp3) is 0.737. The molecule has 0 atom stereocenters. The van der Waals surface area contributed by atoms with Gasteiger partial charge in [-0.3, -0.25) is 4.99 Å². The molecule has 1 aliphatic rings. The first-order valence-corrected chi connectivity index (χ1v) is 10.6. The van der Waals surface area contributed by atoms with Crippen LogP contribution in [0.3, 0.4) is 0 Å². The highest BCUT2D eigenvalue weighted by atomic mass is 127. The second-order valence-corrected chi connectivity index (χ2v) is 7.70. The summed E-state index contributed by atoms with van der Waals surface area (Å²) in [6.07, 6.45) is 4.85. The molecule has 1 fully saturated rings. The zero-order chi connectivity index (χ0) is 17.9. The Balaban J connectivity index is 0.00000338. The van der Waals surface area contributed by atoms with Gasteiger partial charge in [-0.2, -0.15) is 0 Å². The lowest BCUT2D eigenvalue weighted by molar-refractivity contribution is 0.337. The lowest BCUT2D eigenvalue weighted by Crippen LogP contribution is -2.48. The monoisotopic (exact) mass is 493 g/mol. The van der Waals surface area contributed by atoms with Crippen LogP contribution in [0.5, 0.6) is 0 Å². The number of anilines is 1. The Labute approximate surface area is 180 Å². The van der Waals surface area contributed by atoms with Gasteiger partial charge in [0.2, 0.25) is 0 Å². The number of unbranched alkanes of at least 4 members (excludes halogenated alkanes) is 1. The fourth-order valence-corrected chi connectivity index (χ4v) is 3.87. The van der Waals surface area contributed by atoms with Crippen LogP contribution in [0.2, 0.25) is 0 Å². The van der Waals surface area contributed by atoms with E-state index >= 15 is 0 Å². The van der Waals surface area contributed by atoms with E-state index in [2.05, 4.69) is 58.8 Å². The number of thiophene rings is 1. The van der Waals surface area contributed by atoms with Crippen molar-refractivity contribution in [1.82, 2.24) is 15.5 Å². The molecule has 150 valence electrons. The van der Waals surface area contributed by atoms with Crippen molar-refractivity contribution in [2.24, 2.45) is 4.99 Å². The third-order valence-corrected chi connectivity index (χ3v) is 5.57. The molecule has 0 saturated carbocycles. The summed E-state index contributed by atoms with van der Waals surface area (Å²) in [7, 11) is 2.19. The zero-order valence-corrected chi connectivity index (χ0v) is 19.7. The van der Waals surface area contributed by atoms with E-state index in [1.54, 1.807) is 0 Å². The molecule has 5 nitrogen and oxygen atoms in total. The molecule has 2 rings (SSSR count). The van der Waals surface area contributed by atoms with Gasteiger partial charge in [0.1, 0.15) is 0 Å². The number of halogens is 1. The molecule has 1 aromatic rings. The van der Waals surface area contributed by atoms with Gasteiger partial charge in [0.05, 0.1) is 11.5 Å². The number of aliphatic imine (C=N–C) groups is 1. The molecule has 0 amide bonds. The van der Waals surface area contributed by atoms with Gasteiger partial charge in [-0.05, 0) is 57.3 Å². The first-order chi connectivity index (χ1) is 12.2. The van der Waals surface area contributed by atoms with Crippen molar-refractivity contribution in [3.8, 4) is 0 Å². The van der Waals surface area contributed by atoms with Crippen LogP contribution in [-0.2, 0) is 0 Å². The molecule has 26 heavy (non-hydrogen) atoms. The molecule has 2 heterocycles. The van der Waals surface area contributed by atoms with Crippen molar-refractivity contribution in [2.45, 2.75) is 45.6 Å². The molecule has 0 aromatic carbocycles. The van der Waals surface area contributed by atoms with Gasteiger partial charge in [0.15, 0.2) is 5.96 Å². The zero-order valence-electron chi connectivity index (χ0n) is 16.5. The summed E-state index contributed by atoms with van der Waals surface area (Å²) < 4.78 is 0. The quantitative estimate of drug-likeness (QED) is 0.313. The summed E-state index contributed by atoms with van der Waals surface area (Å²) in [4.78, 5) is 9.63. The minimum absolute atomic E-state index is 0. The average Bonchev–Trinajstić information content (AvgIpc) is 3.15. The van der Waals surface area contributed by atoms with Crippen molar-refractivity contribution in [2.75, 3.05) is 51.2 Å². The van der Waals surface area contributed by atoms with E-state index in [4.69, 9.17) is 4.99 Å². The third kappa shape index (κ3) is 8.43. The topological polar surface area (TPSA) is 42.9 Å². The van der Waals surface area contributed by atoms with Crippen LogP contribution >= 0.6 is 35.3 Å². The summed E-state index contributed by atoms with van der Waals surface area (Å²) in [6, 6.07) is 4.88. The molecule has 1 aromatic heterocycles. The molecular formula is C19H36IN5S. The number of hydrogen-bond donors (Lipinski definition) is 2. The van der Waals surface area contributed by atoms with E-state index in [1.807, 2.05) is 11.3 Å². The molecular weight excluding hydrogens is 457 g/mol. The summed E-state index contributed by atoms with van der Waals surface area (Å²) in [6.45, 7) is 10.6. The molecule has 0 aliphatic carbocycles. The molecule has 2 N–H and O–H groups in total. The summed E-state index contributed by atoms with van der Waals surface area (Å²) in [5, 5.41) is 10.6. The van der Waals surface area contributed by atoms with Crippen LogP contribution in [-0.4, -0.2) is 63.2 Å². The Morgan fingerprint density at radius 2 is 2.08 bits per heavy atom. The number of likely N-dealkylation sites (N-methyl/N-ethyl adjacent to an activating group) is 1. The minimum atomic E-state index is 0. The number of rotatable bonds is 9. The maximum Gasteiger partial charge on any atom is 0.191 e. The van der Waals surface area contributed by atoms with Crippen molar-refractivity contribution in [3.05, 3.63) is 17.5 Å². The smallest absolute Gasteiger partial charge is 0.191 e. The van der Waals surface area contributed by atoms with E-state index < -0.39 is 0 Å². The van der Waals surface area contributed by atoms with Gasteiger partial charge < -0.3 is 20.4 Å². The fourth-order valence-electron chi connectivity index (χ4n) is 3.08. The van der Waals surface area contributed by atoms with E-state index in [0.717, 1.165) is 45.2 Å². The second kappa shape index (κ2) is 13.6. The van der Waals surface area contributed by atoms with Crippen LogP contribution in [0.1, 0.15) is 39.5 Å². The molecule has 0 spiro atoms. The van der Waals surface area contributed by atoms with Gasteiger partial charge in [0.25, 0.3) is 0 Å². The molecule has 1 saturated heterocycles. The highest BCUT2D eigenvalue weighted by molar-refractivity contribution is 14.0.